The van der Waals surface area contributed by atoms with Gasteiger partial charge in [-0.05, 0) is 29.7 Å². The lowest BCUT2D eigenvalue weighted by Crippen LogP contribution is -1.94. The third-order valence-electron chi connectivity index (χ3n) is 2.73. The van der Waals surface area contributed by atoms with E-state index < -0.39 is 0 Å². The van der Waals surface area contributed by atoms with Gasteiger partial charge in [0.05, 0.1) is 0 Å². The molecule has 0 radical (unpaired) electrons. The van der Waals surface area contributed by atoms with Gasteiger partial charge in [0, 0.05) is 6.61 Å². The Morgan fingerprint density at radius 2 is 1.68 bits per heavy atom. The molecule has 2 heteroatoms. The van der Waals surface area contributed by atoms with Crippen molar-refractivity contribution in [2.75, 3.05) is 6.61 Å². The normalized spacial score (nSPS) is 10.8. The molecule has 0 aliphatic rings. The van der Waals surface area contributed by atoms with Crippen LogP contribution in [0.5, 0.6) is 5.75 Å². The molecule has 2 aromatic carbocycles. The Morgan fingerprint density at radius 1 is 0.947 bits per heavy atom. The van der Waals surface area contributed by atoms with Crippen LogP contribution >= 0.6 is 0 Å². The van der Waals surface area contributed by atoms with Crippen molar-refractivity contribution in [3.63, 3.8) is 0 Å². The maximum atomic E-state index is 8.70. The predicted octanol–water partition coefficient (Wildman–Crippen LogP) is 3.66. The van der Waals surface area contributed by atoms with E-state index >= 15 is 0 Å². The summed E-state index contributed by atoms with van der Waals surface area (Å²) in [6.07, 6.45) is 4.64. The Morgan fingerprint density at radius 3 is 2.37 bits per heavy atom. The summed E-state index contributed by atoms with van der Waals surface area (Å²) in [6.45, 7) is 0.773. The number of ether oxygens (including phenoxy) is 1. The minimum atomic E-state index is 0.189. The summed E-state index contributed by atoms with van der Waals surface area (Å²) in [7, 11) is 0. The third kappa shape index (κ3) is 4.60. The smallest absolute Gasteiger partial charge is 0.119 e. The van der Waals surface area contributed by atoms with Gasteiger partial charge in [-0.1, -0.05) is 54.6 Å². The van der Waals surface area contributed by atoms with Crippen LogP contribution in [0.2, 0.25) is 0 Å². The van der Waals surface area contributed by atoms with Gasteiger partial charge in [0.1, 0.15) is 12.4 Å². The molecule has 0 fully saturated rings. The summed E-state index contributed by atoms with van der Waals surface area (Å²) in [5.41, 5.74) is 2.27. The lowest BCUT2D eigenvalue weighted by atomic mass is 10.2. The fourth-order valence-corrected chi connectivity index (χ4v) is 1.71. The molecule has 0 saturated carbocycles. The fourth-order valence-electron chi connectivity index (χ4n) is 1.71. The number of hydrogen-bond donors (Lipinski definition) is 1. The van der Waals surface area contributed by atoms with E-state index in [4.69, 9.17) is 9.84 Å². The van der Waals surface area contributed by atoms with Crippen molar-refractivity contribution in [1.82, 2.24) is 0 Å². The van der Waals surface area contributed by atoms with E-state index in [0.29, 0.717) is 13.0 Å². The highest BCUT2D eigenvalue weighted by Gasteiger charge is 1.95. The van der Waals surface area contributed by atoms with E-state index in [1.807, 2.05) is 66.7 Å². The summed E-state index contributed by atoms with van der Waals surface area (Å²) >= 11 is 0. The zero-order chi connectivity index (χ0) is 13.3. The van der Waals surface area contributed by atoms with Gasteiger partial charge in [-0.25, -0.2) is 0 Å². The zero-order valence-electron chi connectivity index (χ0n) is 10.8. The van der Waals surface area contributed by atoms with Gasteiger partial charge < -0.3 is 9.84 Å². The molecule has 2 rings (SSSR count). The molecule has 0 aliphatic heterocycles. The zero-order valence-corrected chi connectivity index (χ0v) is 10.8. The summed E-state index contributed by atoms with van der Waals surface area (Å²) in [4.78, 5) is 0. The molecular weight excluding hydrogens is 236 g/mol. The van der Waals surface area contributed by atoms with Crippen LogP contribution in [0.15, 0.2) is 60.7 Å². The van der Waals surface area contributed by atoms with E-state index in [9.17, 15) is 0 Å². The van der Waals surface area contributed by atoms with Crippen molar-refractivity contribution in [2.24, 2.45) is 0 Å². The first-order valence-electron chi connectivity index (χ1n) is 6.42. The lowest BCUT2D eigenvalue weighted by Gasteiger charge is -2.06. The van der Waals surface area contributed by atoms with E-state index in [-0.39, 0.29) is 6.61 Å². The van der Waals surface area contributed by atoms with Crippen LogP contribution in [0.25, 0.3) is 6.08 Å². The van der Waals surface area contributed by atoms with E-state index in [0.717, 1.165) is 16.9 Å². The largest absolute Gasteiger partial charge is 0.489 e. The van der Waals surface area contributed by atoms with Crippen LogP contribution in [0.4, 0.5) is 0 Å². The molecule has 0 saturated heterocycles. The molecule has 0 unspecified atom stereocenters. The monoisotopic (exact) mass is 254 g/mol. The first kappa shape index (κ1) is 13.4. The van der Waals surface area contributed by atoms with Gasteiger partial charge in [0.25, 0.3) is 0 Å². The van der Waals surface area contributed by atoms with E-state index in [1.165, 1.54) is 0 Å². The number of rotatable bonds is 6. The molecule has 0 amide bonds. The first-order chi connectivity index (χ1) is 9.38. The number of hydrogen-bond acceptors (Lipinski definition) is 2. The Labute approximate surface area is 114 Å². The SMILES string of the molecule is OCCC=Cc1ccc(OCc2ccccc2)cc1. The van der Waals surface area contributed by atoms with Gasteiger partial charge in [-0.3, -0.25) is 0 Å². The minimum absolute atomic E-state index is 0.189. The Bertz CT molecular complexity index is 501. The van der Waals surface area contributed by atoms with E-state index in [2.05, 4.69) is 0 Å². The summed E-state index contributed by atoms with van der Waals surface area (Å²) in [5.74, 6) is 0.864. The number of aliphatic hydroxyl groups is 1. The Balaban J connectivity index is 1.88. The standard InChI is InChI=1S/C17H18O2/c18-13-5-4-6-15-9-11-17(12-10-15)19-14-16-7-2-1-3-8-16/h1-4,6-12,18H,5,13-14H2. The van der Waals surface area contributed by atoms with Crippen molar-refractivity contribution in [3.8, 4) is 5.75 Å². The number of benzene rings is 2. The molecule has 0 bridgehead atoms. The highest BCUT2D eigenvalue weighted by molar-refractivity contribution is 5.50. The molecule has 0 spiro atoms. The summed E-state index contributed by atoms with van der Waals surface area (Å²) < 4.78 is 5.71. The molecular formula is C17H18O2. The highest BCUT2D eigenvalue weighted by Crippen LogP contribution is 2.15. The molecule has 2 nitrogen and oxygen atoms in total. The molecule has 19 heavy (non-hydrogen) atoms. The molecule has 0 aromatic heterocycles. The van der Waals surface area contributed by atoms with Crippen LogP contribution in [-0.2, 0) is 6.61 Å². The maximum absolute atomic E-state index is 8.70. The summed E-state index contributed by atoms with van der Waals surface area (Å²) in [5, 5.41) is 8.70. The molecule has 0 aliphatic carbocycles. The quantitative estimate of drug-likeness (QED) is 0.852. The molecule has 98 valence electrons. The molecule has 0 atom stereocenters. The average Bonchev–Trinajstić information content (AvgIpc) is 2.48. The molecule has 2 aromatic rings. The van der Waals surface area contributed by atoms with E-state index in [1.54, 1.807) is 0 Å². The Kier molecular flexibility index (Phi) is 5.20. The van der Waals surface area contributed by atoms with Crippen LogP contribution in [0.1, 0.15) is 17.5 Å². The van der Waals surface area contributed by atoms with Gasteiger partial charge in [-0.15, -0.1) is 0 Å². The van der Waals surface area contributed by atoms with Crippen molar-refractivity contribution < 1.29 is 9.84 Å². The van der Waals surface area contributed by atoms with Gasteiger partial charge in [0.2, 0.25) is 0 Å². The topological polar surface area (TPSA) is 29.5 Å². The first-order valence-corrected chi connectivity index (χ1v) is 6.42. The van der Waals surface area contributed by atoms with Crippen LogP contribution in [0, 0.1) is 0 Å². The Hall–Kier alpha value is -2.06. The van der Waals surface area contributed by atoms with Gasteiger partial charge in [-0.2, -0.15) is 0 Å². The molecule has 1 N–H and O–H groups in total. The average molecular weight is 254 g/mol. The predicted molar refractivity (Wildman–Crippen MR) is 78.0 cm³/mol. The third-order valence-corrected chi connectivity index (χ3v) is 2.73. The van der Waals surface area contributed by atoms with Gasteiger partial charge in [0.15, 0.2) is 0 Å². The second kappa shape index (κ2) is 7.39. The maximum Gasteiger partial charge on any atom is 0.119 e. The molecule has 0 heterocycles. The fraction of sp³-hybridized carbons (Fsp3) is 0.176. The van der Waals surface area contributed by atoms with Gasteiger partial charge >= 0.3 is 0 Å². The van der Waals surface area contributed by atoms with Crippen molar-refractivity contribution in [3.05, 3.63) is 71.8 Å². The van der Waals surface area contributed by atoms with Crippen molar-refractivity contribution >= 4 is 6.08 Å². The second-order valence-electron chi connectivity index (χ2n) is 4.26. The van der Waals surface area contributed by atoms with Crippen molar-refractivity contribution in [1.29, 1.82) is 0 Å². The van der Waals surface area contributed by atoms with Crippen LogP contribution in [-0.4, -0.2) is 11.7 Å². The number of aliphatic hydroxyl groups excluding tert-OH is 1. The minimum Gasteiger partial charge on any atom is -0.489 e. The summed E-state index contributed by atoms with van der Waals surface area (Å²) in [6, 6.07) is 18.0. The lowest BCUT2D eigenvalue weighted by molar-refractivity contribution is 0.303. The highest BCUT2D eigenvalue weighted by atomic mass is 16.5. The second-order valence-corrected chi connectivity index (χ2v) is 4.26. The van der Waals surface area contributed by atoms with Crippen molar-refractivity contribution in [2.45, 2.75) is 13.0 Å². The van der Waals surface area contributed by atoms with Crippen LogP contribution < -0.4 is 4.74 Å². The van der Waals surface area contributed by atoms with Crippen LogP contribution in [0.3, 0.4) is 0 Å².